The molecule has 2 heterocycles. The zero-order valence-electron chi connectivity index (χ0n) is 23.6. The van der Waals surface area contributed by atoms with E-state index in [-0.39, 0.29) is 30.6 Å². The van der Waals surface area contributed by atoms with Crippen LogP contribution in [0.4, 0.5) is 8.78 Å². The third kappa shape index (κ3) is 7.39. The first-order valence-electron chi connectivity index (χ1n) is 13.2. The van der Waals surface area contributed by atoms with Gasteiger partial charge in [0.25, 0.3) is 5.91 Å². The zero-order chi connectivity index (χ0) is 30.8. The molecular weight excluding hydrogens is 560 g/mol. The number of carbonyl (C=O) groups is 3. The van der Waals surface area contributed by atoms with Crippen molar-refractivity contribution in [1.29, 1.82) is 0 Å². The third-order valence-electron chi connectivity index (χ3n) is 6.62. The predicted molar refractivity (Wildman–Crippen MR) is 156 cm³/mol. The second-order valence-corrected chi connectivity index (χ2v) is 10.8. The molecule has 5 rings (SSSR count). The second-order valence-electron chi connectivity index (χ2n) is 10.8. The van der Waals surface area contributed by atoms with Crippen LogP contribution in [0.5, 0.6) is 0 Å². The van der Waals surface area contributed by atoms with Gasteiger partial charge in [0.2, 0.25) is 0 Å². The lowest BCUT2D eigenvalue weighted by atomic mass is 9.97. The Hall–Kier alpha value is -4.71. The van der Waals surface area contributed by atoms with Gasteiger partial charge in [-0.1, -0.05) is 25.6 Å². The number of fused-ring (bicyclic) bond motifs is 2. The number of aromatic nitrogens is 3. The van der Waals surface area contributed by atoms with Gasteiger partial charge >= 0.3 is 11.9 Å². The summed E-state index contributed by atoms with van der Waals surface area (Å²) in [5.74, 6) is -3.46. The van der Waals surface area contributed by atoms with E-state index in [1.54, 1.807) is 45.0 Å². The number of nitrogens with two attached hydrogens (primary N) is 1. The predicted octanol–water partition coefficient (Wildman–Crippen LogP) is 5.17. The molecule has 4 N–H and O–H groups in total. The highest BCUT2D eigenvalue weighted by Crippen LogP contribution is 2.35. The van der Waals surface area contributed by atoms with Crippen molar-refractivity contribution in [3.8, 4) is 0 Å². The molecule has 43 heavy (non-hydrogen) atoms. The van der Waals surface area contributed by atoms with Crippen LogP contribution in [0.1, 0.15) is 94.2 Å². The van der Waals surface area contributed by atoms with Crippen LogP contribution < -0.4 is 11.1 Å². The molecule has 2 aromatic heterocycles. The first-order valence-corrected chi connectivity index (χ1v) is 13.2. The number of carboxylic acids is 1. The lowest BCUT2D eigenvalue weighted by Gasteiger charge is -2.21. The normalized spacial score (nSPS) is 13.8. The number of amides is 1. The van der Waals surface area contributed by atoms with Crippen LogP contribution in [0.25, 0.3) is 5.65 Å². The summed E-state index contributed by atoms with van der Waals surface area (Å²) >= 11 is 0. The summed E-state index contributed by atoms with van der Waals surface area (Å²) in [6.07, 6.45) is 2.11. The van der Waals surface area contributed by atoms with Crippen molar-refractivity contribution in [1.82, 2.24) is 19.9 Å². The number of esters is 1. The standard InChI is InChI=1S/C23H23FN4O5.C7H8FN.CH4/c1-11-12-7-8-16(14(12)6-5-13(11)22(32)33-23(2,3)4)27-20(29)18-9-17(21(30)31)26-19-15(24)10-25-28(18)19;8-7-3-1-2-6(4-7)5-9;/h5-6,9-10,16H,7-8H2,1-4H3,(H,27,29)(H,30,31);1-4H,5,9H2;1H4/t16-;;/m0../s1. The van der Waals surface area contributed by atoms with E-state index in [1.165, 1.54) is 12.1 Å². The van der Waals surface area contributed by atoms with Crippen molar-refractivity contribution in [3.63, 3.8) is 0 Å². The van der Waals surface area contributed by atoms with E-state index in [1.807, 2.05) is 6.92 Å². The van der Waals surface area contributed by atoms with E-state index < -0.39 is 35.0 Å². The summed E-state index contributed by atoms with van der Waals surface area (Å²) in [6, 6.07) is 10.4. The maximum atomic E-state index is 14.0. The monoisotopic (exact) mass is 595 g/mol. The van der Waals surface area contributed by atoms with Crippen LogP contribution in [0.3, 0.4) is 0 Å². The van der Waals surface area contributed by atoms with Crippen LogP contribution in [-0.4, -0.2) is 43.2 Å². The van der Waals surface area contributed by atoms with E-state index in [2.05, 4.69) is 15.4 Å². The second kappa shape index (κ2) is 13.1. The van der Waals surface area contributed by atoms with Gasteiger partial charge in [0.15, 0.2) is 17.2 Å². The first-order chi connectivity index (χ1) is 19.8. The fourth-order valence-corrected chi connectivity index (χ4v) is 4.69. The Bertz CT molecular complexity index is 1680. The minimum absolute atomic E-state index is 0. The molecule has 10 nitrogen and oxygen atoms in total. The largest absolute Gasteiger partial charge is 0.477 e. The van der Waals surface area contributed by atoms with Crippen molar-refractivity contribution in [2.75, 3.05) is 0 Å². The van der Waals surface area contributed by atoms with E-state index in [0.717, 1.165) is 39.0 Å². The molecule has 0 spiro atoms. The summed E-state index contributed by atoms with van der Waals surface area (Å²) in [5.41, 5.74) is 7.62. The molecule has 0 saturated carbocycles. The molecule has 4 aromatic rings. The summed E-state index contributed by atoms with van der Waals surface area (Å²) in [6.45, 7) is 7.65. The summed E-state index contributed by atoms with van der Waals surface area (Å²) < 4.78 is 32.7. The fraction of sp³-hybridized carbons (Fsp3) is 0.323. The van der Waals surface area contributed by atoms with Gasteiger partial charge in [-0.2, -0.15) is 5.10 Å². The highest BCUT2D eigenvalue weighted by Gasteiger charge is 2.30. The highest BCUT2D eigenvalue weighted by atomic mass is 19.1. The lowest BCUT2D eigenvalue weighted by molar-refractivity contribution is 0.00682. The molecule has 0 unspecified atom stereocenters. The van der Waals surface area contributed by atoms with E-state index in [4.69, 9.17) is 10.5 Å². The van der Waals surface area contributed by atoms with Crippen molar-refractivity contribution < 1.29 is 33.0 Å². The van der Waals surface area contributed by atoms with E-state index >= 15 is 0 Å². The molecule has 228 valence electrons. The first kappa shape index (κ1) is 32.8. The van der Waals surface area contributed by atoms with E-state index in [0.29, 0.717) is 24.9 Å². The molecule has 0 aliphatic heterocycles. The topological polar surface area (TPSA) is 149 Å². The maximum absolute atomic E-state index is 14.0. The van der Waals surface area contributed by atoms with Gasteiger partial charge in [-0.25, -0.2) is 27.9 Å². The molecule has 2 aromatic carbocycles. The number of nitrogens with zero attached hydrogens (tertiary/aromatic N) is 3. The molecule has 1 atom stereocenters. The molecule has 12 heteroatoms. The number of hydrogen-bond acceptors (Lipinski definition) is 7. The number of benzene rings is 2. The lowest BCUT2D eigenvalue weighted by Crippen LogP contribution is -2.29. The van der Waals surface area contributed by atoms with Gasteiger partial charge in [0.1, 0.15) is 17.1 Å². The highest BCUT2D eigenvalue weighted by molar-refractivity contribution is 5.96. The van der Waals surface area contributed by atoms with Crippen LogP contribution in [0, 0.1) is 18.6 Å². The van der Waals surface area contributed by atoms with Gasteiger partial charge in [0, 0.05) is 12.6 Å². The van der Waals surface area contributed by atoms with E-state index in [9.17, 15) is 28.3 Å². The van der Waals surface area contributed by atoms with Crippen LogP contribution >= 0.6 is 0 Å². The number of ether oxygens (including phenoxy) is 1. The minimum atomic E-state index is -1.39. The minimum Gasteiger partial charge on any atom is -0.477 e. The van der Waals surface area contributed by atoms with Gasteiger partial charge in [-0.15, -0.1) is 0 Å². The van der Waals surface area contributed by atoms with Crippen LogP contribution in [0.15, 0.2) is 48.7 Å². The molecule has 0 saturated heterocycles. The van der Waals surface area contributed by atoms with Crippen molar-refractivity contribution >= 4 is 23.5 Å². The number of carboxylic acid groups (broad SMARTS) is 1. The molecule has 1 amide bonds. The number of nitrogens with one attached hydrogen (secondary N) is 1. The maximum Gasteiger partial charge on any atom is 0.354 e. The smallest absolute Gasteiger partial charge is 0.354 e. The Kier molecular flexibility index (Phi) is 9.97. The van der Waals surface area contributed by atoms with Gasteiger partial charge in [-0.3, -0.25) is 4.79 Å². The summed E-state index contributed by atoms with van der Waals surface area (Å²) in [4.78, 5) is 40.7. The fourth-order valence-electron chi connectivity index (χ4n) is 4.69. The molecule has 0 radical (unpaired) electrons. The van der Waals surface area contributed by atoms with Crippen molar-refractivity contribution in [2.24, 2.45) is 5.73 Å². The molecular formula is C31H35F2N5O5. The number of carbonyl (C=O) groups excluding carboxylic acids is 2. The van der Waals surface area contributed by atoms with Gasteiger partial charge in [-0.05, 0) is 81.0 Å². The number of halogens is 2. The molecule has 1 aliphatic rings. The molecule has 1 aliphatic carbocycles. The van der Waals surface area contributed by atoms with Crippen LogP contribution in [0.2, 0.25) is 0 Å². The van der Waals surface area contributed by atoms with Crippen molar-refractivity contribution in [2.45, 2.75) is 66.2 Å². The summed E-state index contributed by atoms with van der Waals surface area (Å²) in [7, 11) is 0. The molecule has 0 fully saturated rings. The third-order valence-corrected chi connectivity index (χ3v) is 6.62. The number of aromatic carboxylic acids is 1. The SMILES string of the molecule is C.Cc1c(C(=O)OC(C)(C)C)ccc2c1CC[C@@H]2NC(=O)c1cc(C(=O)O)nc2c(F)cnn12.NCc1cccc(F)c1. The Morgan fingerprint density at radius 3 is 2.49 bits per heavy atom. The quantitative estimate of drug-likeness (QED) is 0.268. The van der Waals surface area contributed by atoms with Crippen molar-refractivity contribution in [3.05, 3.63) is 99.5 Å². The average molecular weight is 596 g/mol. The molecule has 0 bridgehead atoms. The Labute approximate surface area is 247 Å². The van der Waals surface area contributed by atoms with Crippen LogP contribution in [-0.2, 0) is 17.7 Å². The van der Waals surface area contributed by atoms with Gasteiger partial charge in [0.05, 0.1) is 17.8 Å². The zero-order valence-corrected chi connectivity index (χ0v) is 23.6. The summed E-state index contributed by atoms with van der Waals surface area (Å²) in [5, 5.41) is 16.0. The number of hydrogen-bond donors (Lipinski definition) is 3. The average Bonchev–Trinajstić information content (AvgIpc) is 3.51. The Balaban J connectivity index is 0.000000435. The Morgan fingerprint density at radius 1 is 1.16 bits per heavy atom. The Morgan fingerprint density at radius 2 is 1.88 bits per heavy atom. The van der Waals surface area contributed by atoms with Gasteiger partial charge < -0.3 is 20.9 Å². The number of rotatable bonds is 5.